The molecule has 6 heteroatoms. The maximum absolute atomic E-state index is 12.5. The monoisotopic (exact) mass is 299 g/mol. The van der Waals surface area contributed by atoms with E-state index in [1.54, 1.807) is 23.3 Å². The van der Waals surface area contributed by atoms with Gasteiger partial charge in [0.2, 0.25) is 0 Å². The molecule has 2 aromatic rings. The Bertz CT molecular complexity index is 722. The van der Waals surface area contributed by atoms with Crippen LogP contribution in [0.1, 0.15) is 32.1 Å². The Balaban J connectivity index is 1.50. The molecule has 1 unspecified atom stereocenters. The Labute approximate surface area is 129 Å². The molecule has 2 aromatic heterocycles. The van der Waals surface area contributed by atoms with Crippen molar-refractivity contribution in [2.45, 2.75) is 44.7 Å². The first-order chi connectivity index (χ1) is 10.8. The van der Waals surface area contributed by atoms with Gasteiger partial charge in [-0.1, -0.05) is 12.8 Å². The zero-order valence-corrected chi connectivity index (χ0v) is 12.7. The Kier molecular flexibility index (Phi) is 3.62. The van der Waals surface area contributed by atoms with Crippen molar-refractivity contribution < 1.29 is 0 Å². The van der Waals surface area contributed by atoms with E-state index >= 15 is 0 Å². The molecule has 6 nitrogen and oxygen atoms in total. The topological polar surface area (TPSA) is 63.9 Å². The zero-order chi connectivity index (χ0) is 14.9. The molecule has 4 rings (SSSR count). The van der Waals surface area contributed by atoms with E-state index in [9.17, 15) is 4.79 Å². The molecule has 2 aliphatic rings. The van der Waals surface area contributed by atoms with Crippen molar-refractivity contribution in [1.29, 1.82) is 0 Å². The van der Waals surface area contributed by atoms with Crippen molar-refractivity contribution in [1.82, 2.24) is 24.4 Å². The molecular weight excluding hydrogens is 278 g/mol. The van der Waals surface area contributed by atoms with Gasteiger partial charge in [0.25, 0.3) is 5.56 Å². The Morgan fingerprint density at radius 1 is 1.09 bits per heavy atom. The highest BCUT2D eigenvalue weighted by Crippen LogP contribution is 2.28. The van der Waals surface area contributed by atoms with Gasteiger partial charge >= 0.3 is 0 Å². The van der Waals surface area contributed by atoms with E-state index < -0.39 is 0 Å². The van der Waals surface area contributed by atoms with Crippen molar-refractivity contribution in [2.75, 3.05) is 13.1 Å². The number of fused-ring (bicyclic) bond motifs is 1. The highest BCUT2D eigenvalue weighted by atomic mass is 16.1. The summed E-state index contributed by atoms with van der Waals surface area (Å²) in [6.45, 7) is 3.02. The fourth-order valence-electron chi connectivity index (χ4n) is 3.91. The second kappa shape index (κ2) is 5.76. The molecule has 0 N–H and O–H groups in total. The van der Waals surface area contributed by atoms with Gasteiger partial charge in [-0.05, 0) is 31.7 Å². The van der Waals surface area contributed by atoms with Gasteiger partial charge < -0.3 is 4.90 Å². The van der Waals surface area contributed by atoms with Crippen LogP contribution in [-0.2, 0) is 6.54 Å². The van der Waals surface area contributed by atoms with Gasteiger partial charge in [-0.2, -0.15) is 0 Å². The Hall–Kier alpha value is -1.82. The number of nitrogens with zero attached hydrogens (tertiary/aromatic N) is 5. The summed E-state index contributed by atoms with van der Waals surface area (Å²) in [5.41, 5.74) is 0.732. The average molecular weight is 299 g/mol. The lowest BCUT2D eigenvalue weighted by atomic mass is 10.1. The molecule has 1 aliphatic heterocycles. The smallest absolute Gasteiger partial charge is 0.281 e. The second-order valence-electron chi connectivity index (χ2n) is 6.52. The standard InChI is InChI=1S/C16H21N5O/c22-16-14-15(18-7-6-17-14)19-11-21(16)10-12-5-8-20(9-12)13-3-1-2-4-13/h6-7,11-13H,1-5,8-10H2. The molecule has 22 heavy (non-hydrogen) atoms. The van der Waals surface area contributed by atoms with Crippen molar-refractivity contribution >= 4 is 11.2 Å². The van der Waals surface area contributed by atoms with E-state index in [1.807, 2.05) is 0 Å². The van der Waals surface area contributed by atoms with E-state index in [-0.39, 0.29) is 5.56 Å². The highest BCUT2D eigenvalue weighted by molar-refractivity contribution is 5.66. The predicted octanol–water partition coefficient (Wildman–Crippen LogP) is 1.45. The minimum Gasteiger partial charge on any atom is -0.300 e. The van der Waals surface area contributed by atoms with E-state index in [4.69, 9.17) is 0 Å². The predicted molar refractivity (Wildman–Crippen MR) is 83.5 cm³/mol. The largest absolute Gasteiger partial charge is 0.300 e. The van der Waals surface area contributed by atoms with Crippen LogP contribution in [0.25, 0.3) is 11.2 Å². The maximum Gasteiger partial charge on any atom is 0.281 e. The number of aromatic nitrogens is 4. The first kappa shape index (κ1) is 13.8. The van der Waals surface area contributed by atoms with Crippen LogP contribution in [0, 0.1) is 5.92 Å². The third-order valence-electron chi connectivity index (χ3n) is 5.08. The lowest BCUT2D eigenvalue weighted by Crippen LogP contribution is -2.32. The third-order valence-corrected chi connectivity index (χ3v) is 5.08. The summed E-state index contributed by atoms with van der Waals surface area (Å²) in [7, 11) is 0. The van der Waals surface area contributed by atoms with Gasteiger partial charge in [0.15, 0.2) is 11.2 Å². The van der Waals surface area contributed by atoms with Crippen LogP contribution in [0.2, 0.25) is 0 Å². The van der Waals surface area contributed by atoms with Gasteiger partial charge in [-0.15, -0.1) is 0 Å². The lowest BCUT2D eigenvalue weighted by Gasteiger charge is -2.23. The van der Waals surface area contributed by atoms with Crippen LogP contribution in [0.4, 0.5) is 0 Å². The van der Waals surface area contributed by atoms with E-state index in [1.165, 1.54) is 38.6 Å². The van der Waals surface area contributed by atoms with Gasteiger partial charge in [0.1, 0.15) is 6.33 Å². The molecule has 1 saturated carbocycles. The van der Waals surface area contributed by atoms with Crippen molar-refractivity contribution in [3.8, 4) is 0 Å². The fraction of sp³-hybridized carbons (Fsp3) is 0.625. The summed E-state index contributed by atoms with van der Waals surface area (Å²) in [5, 5.41) is 0. The highest BCUT2D eigenvalue weighted by Gasteiger charge is 2.30. The fourth-order valence-corrected chi connectivity index (χ4v) is 3.91. The first-order valence-corrected chi connectivity index (χ1v) is 8.21. The SMILES string of the molecule is O=c1c2nccnc2ncn1CC1CCN(C2CCCC2)C1. The molecule has 1 saturated heterocycles. The minimum absolute atomic E-state index is 0.0718. The van der Waals surface area contributed by atoms with Gasteiger partial charge in [0, 0.05) is 31.5 Å². The summed E-state index contributed by atoms with van der Waals surface area (Å²) in [4.78, 5) is 27.5. The summed E-state index contributed by atoms with van der Waals surface area (Å²) in [6, 6.07) is 0.780. The number of rotatable bonds is 3. The molecule has 0 bridgehead atoms. The second-order valence-corrected chi connectivity index (χ2v) is 6.52. The van der Waals surface area contributed by atoms with E-state index in [0.717, 1.165) is 19.1 Å². The number of likely N-dealkylation sites (tertiary alicyclic amines) is 1. The first-order valence-electron chi connectivity index (χ1n) is 8.21. The van der Waals surface area contributed by atoms with Crippen molar-refractivity contribution in [3.05, 3.63) is 29.1 Å². The van der Waals surface area contributed by atoms with Crippen LogP contribution < -0.4 is 5.56 Å². The molecule has 2 fully saturated rings. The van der Waals surface area contributed by atoms with Gasteiger partial charge in [0.05, 0.1) is 0 Å². The van der Waals surface area contributed by atoms with Crippen LogP contribution in [0.5, 0.6) is 0 Å². The normalized spacial score (nSPS) is 23.5. The summed E-state index contributed by atoms with van der Waals surface area (Å²) < 4.78 is 1.71. The van der Waals surface area contributed by atoms with Crippen molar-refractivity contribution in [2.24, 2.45) is 5.92 Å². The van der Waals surface area contributed by atoms with Gasteiger partial charge in [-0.25, -0.2) is 15.0 Å². The quantitative estimate of drug-likeness (QED) is 0.858. The molecule has 3 heterocycles. The molecule has 0 spiro atoms. The molecule has 1 atom stereocenters. The molecule has 0 aromatic carbocycles. The number of hydrogen-bond acceptors (Lipinski definition) is 5. The molecule has 0 amide bonds. The Morgan fingerprint density at radius 3 is 2.77 bits per heavy atom. The number of hydrogen-bond donors (Lipinski definition) is 0. The van der Waals surface area contributed by atoms with Crippen LogP contribution in [-0.4, -0.2) is 43.6 Å². The third kappa shape index (κ3) is 2.52. The summed E-state index contributed by atoms with van der Waals surface area (Å²) in [5.74, 6) is 0.536. The summed E-state index contributed by atoms with van der Waals surface area (Å²) >= 11 is 0. The minimum atomic E-state index is -0.0718. The van der Waals surface area contributed by atoms with Gasteiger partial charge in [-0.3, -0.25) is 9.36 Å². The Morgan fingerprint density at radius 2 is 1.91 bits per heavy atom. The van der Waals surface area contributed by atoms with Crippen LogP contribution in [0.15, 0.2) is 23.5 Å². The van der Waals surface area contributed by atoms with E-state index in [2.05, 4.69) is 19.9 Å². The van der Waals surface area contributed by atoms with E-state index in [0.29, 0.717) is 17.1 Å². The maximum atomic E-state index is 12.5. The van der Waals surface area contributed by atoms with Crippen molar-refractivity contribution in [3.63, 3.8) is 0 Å². The molecular formula is C16H21N5O. The molecule has 1 aliphatic carbocycles. The zero-order valence-electron chi connectivity index (χ0n) is 12.7. The molecule has 116 valence electrons. The van der Waals surface area contributed by atoms with Crippen LogP contribution in [0.3, 0.4) is 0 Å². The van der Waals surface area contributed by atoms with Crippen LogP contribution >= 0.6 is 0 Å². The molecule has 0 radical (unpaired) electrons. The summed E-state index contributed by atoms with van der Waals surface area (Å²) in [6.07, 6.45) is 11.3. The average Bonchev–Trinajstić information content (AvgIpc) is 3.21. The lowest BCUT2D eigenvalue weighted by molar-refractivity contribution is 0.233.